The second kappa shape index (κ2) is 8.48. The van der Waals surface area contributed by atoms with Gasteiger partial charge >= 0.3 is 0 Å². The zero-order chi connectivity index (χ0) is 16.7. The highest BCUT2D eigenvalue weighted by Gasteiger charge is 2.13. The lowest BCUT2D eigenvalue weighted by Crippen LogP contribution is -2.42. The molecule has 5 heteroatoms. The Balaban J connectivity index is 1.79. The minimum atomic E-state index is 0.0616. The third-order valence-corrected chi connectivity index (χ3v) is 3.83. The van der Waals surface area contributed by atoms with E-state index in [1.807, 2.05) is 22.7 Å². The van der Waals surface area contributed by atoms with Gasteiger partial charge < -0.3 is 9.88 Å². The highest BCUT2D eigenvalue weighted by Crippen LogP contribution is 2.05. The minimum absolute atomic E-state index is 0.0616. The Morgan fingerprint density at radius 2 is 2.09 bits per heavy atom. The molecule has 0 aliphatic rings. The number of amides is 1. The molecule has 0 radical (unpaired) electrons. The number of nitrogens with zero attached hydrogens (tertiary/aromatic N) is 3. The van der Waals surface area contributed by atoms with Crippen LogP contribution in [-0.2, 0) is 17.9 Å². The first kappa shape index (κ1) is 17.2. The van der Waals surface area contributed by atoms with Crippen LogP contribution in [0.4, 0.5) is 0 Å². The van der Waals surface area contributed by atoms with Crippen LogP contribution in [0.3, 0.4) is 0 Å². The van der Waals surface area contributed by atoms with E-state index in [4.69, 9.17) is 0 Å². The maximum atomic E-state index is 12.2. The van der Waals surface area contributed by atoms with Crippen LogP contribution in [0.25, 0.3) is 0 Å². The third-order valence-electron chi connectivity index (χ3n) is 3.83. The number of carbonyl (C=O) groups excluding carboxylic acids is 1. The molecule has 1 N–H and O–H groups in total. The van der Waals surface area contributed by atoms with Crippen molar-refractivity contribution in [1.82, 2.24) is 19.8 Å². The summed E-state index contributed by atoms with van der Waals surface area (Å²) in [7, 11) is 1.97. The summed E-state index contributed by atoms with van der Waals surface area (Å²) in [5, 5.41) is 3.10. The molecule has 1 aromatic carbocycles. The van der Waals surface area contributed by atoms with Crippen molar-refractivity contribution in [3.63, 3.8) is 0 Å². The van der Waals surface area contributed by atoms with Crippen molar-refractivity contribution >= 4 is 5.91 Å². The Bertz CT molecular complexity index is 592. The summed E-state index contributed by atoms with van der Waals surface area (Å²) in [5.74, 6) is 0.0616. The number of hydrogen-bond acceptors (Lipinski definition) is 3. The summed E-state index contributed by atoms with van der Waals surface area (Å²) in [6, 6.07) is 8.54. The highest BCUT2D eigenvalue weighted by atomic mass is 16.2. The molecular formula is C18H26N4O. The average Bonchev–Trinajstić information content (AvgIpc) is 3.01. The molecule has 0 saturated heterocycles. The van der Waals surface area contributed by atoms with Gasteiger partial charge in [0.25, 0.3) is 0 Å². The average molecular weight is 314 g/mol. The lowest BCUT2D eigenvalue weighted by atomic mass is 10.1. The van der Waals surface area contributed by atoms with Gasteiger partial charge in [0.05, 0.1) is 12.9 Å². The molecule has 2 rings (SSSR count). The van der Waals surface area contributed by atoms with Crippen molar-refractivity contribution in [2.45, 2.75) is 39.4 Å². The van der Waals surface area contributed by atoms with Crippen LogP contribution in [0.5, 0.6) is 0 Å². The van der Waals surface area contributed by atoms with Crippen LogP contribution in [-0.4, -0.2) is 40.0 Å². The van der Waals surface area contributed by atoms with Crippen molar-refractivity contribution in [3.8, 4) is 0 Å². The first-order chi connectivity index (χ1) is 11.1. The molecule has 1 atom stereocenters. The van der Waals surface area contributed by atoms with Crippen LogP contribution in [0, 0.1) is 6.92 Å². The van der Waals surface area contributed by atoms with Crippen molar-refractivity contribution in [3.05, 3.63) is 54.1 Å². The van der Waals surface area contributed by atoms with Gasteiger partial charge in [0.1, 0.15) is 0 Å². The molecule has 1 aromatic heterocycles. The number of benzene rings is 1. The zero-order valence-electron chi connectivity index (χ0n) is 14.2. The monoisotopic (exact) mass is 314 g/mol. The molecule has 0 bridgehead atoms. The Morgan fingerprint density at radius 1 is 1.35 bits per heavy atom. The van der Waals surface area contributed by atoms with E-state index in [2.05, 4.69) is 48.4 Å². The summed E-state index contributed by atoms with van der Waals surface area (Å²) in [6.45, 7) is 6.08. The smallest absolute Gasteiger partial charge is 0.234 e. The number of carbonyl (C=O) groups is 1. The van der Waals surface area contributed by atoms with E-state index in [0.717, 1.165) is 19.5 Å². The quantitative estimate of drug-likeness (QED) is 0.813. The van der Waals surface area contributed by atoms with E-state index >= 15 is 0 Å². The first-order valence-electron chi connectivity index (χ1n) is 8.06. The summed E-state index contributed by atoms with van der Waals surface area (Å²) < 4.78 is 1.99. The predicted molar refractivity (Wildman–Crippen MR) is 92.0 cm³/mol. The molecule has 1 amide bonds. The Morgan fingerprint density at radius 3 is 2.70 bits per heavy atom. The highest BCUT2D eigenvalue weighted by molar-refractivity contribution is 5.78. The van der Waals surface area contributed by atoms with Crippen LogP contribution < -0.4 is 5.32 Å². The number of aryl methyl sites for hydroxylation is 1. The van der Waals surface area contributed by atoms with Gasteiger partial charge in [0.15, 0.2) is 0 Å². The molecule has 0 unspecified atom stereocenters. The molecule has 1 heterocycles. The molecule has 0 aliphatic heterocycles. The summed E-state index contributed by atoms with van der Waals surface area (Å²) in [4.78, 5) is 18.3. The van der Waals surface area contributed by atoms with Crippen molar-refractivity contribution < 1.29 is 4.79 Å². The van der Waals surface area contributed by atoms with Crippen molar-refractivity contribution in [1.29, 1.82) is 0 Å². The molecule has 0 fully saturated rings. The number of imidazole rings is 1. The molecule has 5 nitrogen and oxygen atoms in total. The van der Waals surface area contributed by atoms with E-state index < -0.39 is 0 Å². The molecule has 0 spiro atoms. The van der Waals surface area contributed by atoms with Gasteiger partial charge in [-0.25, -0.2) is 4.98 Å². The Hall–Kier alpha value is -2.14. The van der Waals surface area contributed by atoms with Crippen LogP contribution >= 0.6 is 0 Å². The minimum Gasteiger partial charge on any atom is -0.350 e. The maximum Gasteiger partial charge on any atom is 0.234 e. The number of likely N-dealkylation sites (N-methyl/N-ethyl adjacent to an activating group) is 1. The van der Waals surface area contributed by atoms with E-state index in [9.17, 15) is 4.79 Å². The van der Waals surface area contributed by atoms with Gasteiger partial charge in [-0.05, 0) is 26.0 Å². The van der Waals surface area contributed by atoms with Crippen LogP contribution in [0.2, 0.25) is 0 Å². The van der Waals surface area contributed by atoms with Gasteiger partial charge in [-0.15, -0.1) is 0 Å². The molecule has 0 aliphatic carbocycles. The maximum absolute atomic E-state index is 12.2. The Kier molecular flexibility index (Phi) is 6.35. The van der Waals surface area contributed by atoms with Gasteiger partial charge in [0, 0.05) is 31.5 Å². The van der Waals surface area contributed by atoms with Gasteiger partial charge in [-0.1, -0.05) is 36.8 Å². The number of hydrogen-bond donors (Lipinski definition) is 1. The molecule has 0 saturated carbocycles. The third kappa shape index (κ3) is 5.87. The summed E-state index contributed by atoms with van der Waals surface area (Å²) >= 11 is 0. The van der Waals surface area contributed by atoms with E-state index in [1.165, 1.54) is 11.1 Å². The molecule has 23 heavy (non-hydrogen) atoms. The second-order valence-corrected chi connectivity index (χ2v) is 6.09. The number of aromatic nitrogens is 2. The van der Waals surface area contributed by atoms with Crippen LogP contribution in [0.1, 0.15) is 24.5 Å². The predicted octanol–water partition coefficient (Wildman–Crippen LogP) is 2.22. The lowest BCUT2D eigenvalue weighted by Gasteiger charge is -2.21. The second-order valence-electron chi connectivity index (χ2n) is 6.09. The standard InChI is InChI=1S/C18H26N4O/c1-4-17(12-22-10-9-19-14-22)20-18(23)13-21(3)11-16-7-5-15(2)6-8-16/h5-10,14,17H,4,11-13H2,1-3H3,(H,20,23)/t17-/m0/s1. The zero-order valence-corrected chi connectivity index (χ0v) is 14.2. The summed E-state index contributed by atoms with van der Waals surface area (Å²) in [5.41, 5.74) is 2.47. The van der Waals surface area contributed by atoms with E-state index in [1.54, 1.807) is 12.5 Å². The van der Waals surface area contributed by atoms with Crippen LogP contribution in [0.15, 0.2) is 43.0 Å². The Labute approximate surface area is 138 Å². The number of rotatable bonds is 8. The SMILES string of the molecule is CC[C@@H](Cn1ccnc1)NC(=O)CN(C)Cc1ccc(C)cc1. The molecule has 124 valence electrons. The fraction of sp³-hybridized carbons (Fsp3) is 0.444. The lowest BCUT2D eigenvalue weighted by molar-refractivity contribution is -0.122. The fourth-order valence-electron chi connectivity index (χ4n) is 2.51. The fourth-order valence-corrected chi connectivity index (χ4v) is 2.51. The summed E-state index contributed by atoms with van der Waals surface area (Å²) in [6.07, 6.45) is 6.34. The van der Waals surface area contributed by atoms with Crippen molar-refractivity contribution in [2.24, 2.45) is 0 Å². The first-order valence-corrected chi connectivity index (χ1v) is 8.06. The van der Waals surface area contributed by atoms with Gasteiger partial charge in [-0.3, -0.25) is 9.69 Å². The van der Waals surface area contributed by atoms with Crippen molar-refractivity contribution in [2.75, 3.05) is 13.6 Å². The van der Waals surface area contributed by atoms with Gasteiger partial charge in [0.2, 0.25) is 5.91 Å². The molecular weight excluding hydrogens is 288 g/mol. The molecule has 2 aromatic rings. The van der Waals surface area contributed by atoms with E-state index in [-0.39, 0.29) is 11.9 Å². The largest absolute Gasteiger partial charge is 0.350 e. The topological polar surface area (TPSA) is 50.2 Å². The number of nitrogens with one attached hydrogen (secondary N) is 1. The van der Waals surface area contributed by atoms with Gasteiger partial charge in [-0.2, -0.15) is 0 Å². The normalized spacial score (nSPS) is 12.3. The van der Waals surface area contributed by atoms with E-state index in [0.29, 0.717) is 6.54 Å².